The van der Waals surface area contributed by atoms with Gasteiger partial charge in [0.1, 0.15) is 5.82 Å². The van der Waals surface area contributed by atoms with Crippen molar-refractivity contribution in [2.24, 2.45) is 0 Å². The molecule has 0 amide bonds. The van der Waals surface area contributed by atoms with E-state index in [1.165, 1.54) is 19.3 Å². The zero-order valence-electron chi connectivity index (χ0n) is 8.66. The SMILES string of the molecule is Cc1cc(N2CCCCC2)ncc1N. The maximum Gasteiger partial charge on any atom is 0.128 e. The summed E-state index contributed by atoms with van der Waals surface area (Å²) in [6, 6.07) is 2.08. The van der Waals surface area contributed by atoms with E-state index in [9.17, 15) is 0 Å². The Morgan fingerprint density at radius 3 is 2.64 bits per heavy atom. The molecule has 1 aromatic rings. The van der Waals surface area contributed by atoms with Gasteiger partial charge in [-0.1, -0.05) is 0 Å². The fourth-order valence-electron chi connectivity index (χ4n) is 1.85. The van der Waals surface area contributed by atoms with E-state index >= 15 is 0 Å². The summed E-state index contributed by atoms with van der Waals surface area (Å²) >= 11 is 0. The molecular formula is C11H17N3. The van der Waals surface area contributed by atoms with Gasteiger partial charge in [0.2, 0.25) is 0 Å². The molecule has 1 saturated heterocycles. The van der Waals surface area contributed by atoms with E-state index < -0.39 is 0 Å². The molecule has 0 saturated carbocycles. The molecule has 2 rings (SSSR count). The van der Waals surface area contributed by atoms with Gasteiger partial charge in [0.15, 0.2) is 0 Å². The van der Waals surface area contributed by atoms with Crippen LogP contribution in [0.3, 0.4) is 0 Å². The van der Waals surface area contributed by atoms with Crippen LogP contribution < -0.4 is 10.6 Å². The summed E-state index contributed by atoms with van der Waals surface area (Å²) in [7, 11) is 0. The first kappa shape index (κ1) is 9.31. The highest BCUT2D eigenvalue weighted by Crippen LogP contribution is 2.20. The standard InChI is InChI=1S/C11H17N3/c1-9-7-11(13-8-10(9)12)14-5-3-2-4-6-14/h7-8H,2-6,12H2,1H3. The van der Waals surface area contributed by atoms with Gasteiger partial charge in [-0.15, -0.1) is 0 Å². The number of rotatable bonds is 1. The molecule has 1 fully saturated rings. The van der Waals surface area contributed by atoms with Crippen molar-refractivity contribution < 1.29 is 0 Å². The van der Waals surface area contributed by atoms with Crippen molar-refractivity contribution in [3.05, 3.63) is 17.8 Å². The number of nitrogens with zero attached hydrogens (tertiary/aromatic N) is 2. The second kappa shape index (κ2) is 3.86. The van der Waals surface area contributed by atoms with Crippen LogP contribution in [0, 0.1) is 6.92 Å². The van der Waals surface area contributed by atoms with Crippen molar-refractivity contribution in [3.8, 4) is 0 Å². The van der Waals surface area contributed by atoms with Gasteiger partial charge in [-0.3, -0.25) is 0 Å². The van der Waals surface area contributed by atoms with Gasteiger partial charge in [-0.05, 0) is 37.8 Å². The number of aryl methyl sites for hydroxylation is 1. The largest absolute Gasteiger partial charge is 0.397 e. The van der Waals surface area contributed by atoms with E-state index in [1.54, 1.807) is 6.20 Å². The second-order valence-corrected chi connectivity index (χ2v) is 3.95. The number of nitrogen functional groups attached to an aromatic ring is 1. The third-order valence-corrected chi connectivity index (χ3v) is 2.82. The fraction of sp³-hybridized carbons (Fsp3) is 0.545. The van der Waals surface area contributed by atoms with Crippen LogP contribution in [0.2, 0.25) is 0 Å². The van der Waals surface area contributed by atoms with Crippen molar-refractivity contribution in [3.63, 3.8) is 0 Å². The summed E-state index contributed by atoms with van der Waals surface area (Å²) in [4.78, 5) is 6.71. The zero-order valence-corrected chi connectivity index (χ0v) is 8.66. The molecule has 0 radical (unpaired) electrons. The summed E-state index contributed by atoms with van der Waals surface area (Å²) < 4.78 is 0. The van der Waals surface area contributed by atoms with Crippen LogP contribution in [0.5, 0.6) is 0 Å². The maximum atomic E-state index is 5.74. The molecule has 1 aliphatic rings. The fourth-order valence-corrected chi connectivity index (χ4v) is 1.85. The van der Waals surface area contributed by atoms with E-state index in [-0.39, 0.29) is 0 Å². The Morgan fingerprint density at radius 2 is 2.00 bits per heavy atom. The van der Waals surface area contributed by atoms with E-state index in [1.807, 2.05) is 6.92 Å². The average molecular weight is 191 g/mol. The lowest BCUT2D eigenvalue weighted by Crippen LogP contribution is -2.30. The molecule has 0 aromatic carbocycles. The van der Waals surface area contributed by atoms with Crippen molar-refractivity contribution in [2.75, 3.05) is 23.7 Å². The van der Waals surface area contributed by atoms with Crippen LogP contribution >= 0.6 is 0 Å². The Labute approximate surface area is 84.9 Å². The van der Waals surface area contributed by atoms with Gasteiger partial charge in [0, 0.05) is 13.1 Å². The van der Waals surface area contributed by atoms with Crippen molar-refractivity contribution in [2.45, 2.75) is 26.2 Å². The summed E-state index contributed by atoms with van der Waals surface area (Å²) in [5.74, 6) is 1.08. The normalized spacial score (nSPS) is 17.1. The number of hydrogen-bond donors (Lipinski definition) is 1. The Balaban J connectivity index is 2.18. The maximum absolute atomic E-state index is 5.74. The average Bonchev–Trinajstić information content (AvgIpc) is 2.23. The summed E-state index contributed by atoms with van der Waals surface area (Å²) in [5.41, 5.74) is 7.65. The third kappa shape index (κ3) is 1.81. The molecule has 3 heteroatoms. The molecule has 76 valence electrons. The second-order valence-electron chi connectivity index (χ2n) is 3.95. The van der Waals surface area contributed by atoms with E-state index in [4.69, 9.17) is 5.73 Å². The quantitative estimate of drug-likeness (QED) is 0.738. The zero-order chi connectivity index (χ0) is 9.97. The van der Waals surface area contributed by atoms with Crippen LogP contribution in [-0.4, -0.2) is 18.1 Å². The minimum atomic E-state index is 0.783. The molecule has 3 nitrogen and oxygen atoms in total. The number of piperidine rings is 1. The first-order chi connectivity index (χ1) is 6.77. The van der Waals surface area contributed by atoms with E-state index in [0.717, 1.165) is 30.2 Å². The Hall–Kier alpha value is -1.25. The van der Waals surface area contributed by atoms with Gasteiger partial charge in [-0.2, -0.15) is 0 Å². The summed E-state index contributed by atoms with van der Waals surface area (Å²) in [6.07, 6.45) is 5.68. The van der Waals surface area contributed by atoms with Crippen LogP contribution in [0.1, 0.15) is 24.8 Å². The first-order valence-corrected chi connectivity index (χ1v) is 5.24. The molecule has 0 atom stereocenters. The molecule has 2 N–H and O–H groups in total. The smallest absolute Gasteiger partial charge is 0.128 e. The summed E-state index contributed by atoms with van der Waals surface area (Å²) in [6.45, 7) is 4.30. The Morgan fingerprint density at radius 1 is 1.29 bits per heavy atom. The van der Waals surface area contributed by atoms with Crippen LogP contribution in [0.15, 0.2) is 12.3 Å². The third-order valence-electron chi connectivity index (χ3n) is 2.82. The molecule has 0 aliphatic carbocycles. The highest BCUT2D eigenvalue weighted by Gasteiger charge is 2.12. The minimum absolute atomic E-state index is 0.783. The van der Waals surface area contributed by atoms with Crippen molar-refractivity contribution >= 4 is 11.5 Å². The van der Waals surface area contributed by atoms with Crippen molar-refractivity contribution in [1.82, 2.24) is 4.98 Å². The lowest BCUT2D eigenvalue weighted by atomic mass is 10.1. The minimum Gasteiger partial charge on any atom is -0.397 e. The molecule has 0 spiro atoms. The van der Waals surface area contributed by atoms with Crippen LogP contribution in [0.25, 0.3) is 0 Å². The van der Waals surface area contributed by atoms with Crippen LogP contribution in [0.4, 0.5) is 11.5 Å². The van der Waals surface area contributed by atoms with Gasteiger partial charge < -0.3 is 10.6 Å². The molecule has 2 heterocycles. The molecule has 14 heavy (non-hydrogen) atoms. The van der Waals surface area contributed by atoms with Gasteiger partial charge in [-0.25, -0.2) is 4.98 Å². The number of nitrogens with two attached hydrogens (primary N) is 1. The highest BCUT2D eigenvalue weighted by atomic mass is 15.2. The van der Waals surface area contributed by atoms with E-state index in [2.05, 4.69) is 16.0 Å². The predicted molar refractivity (Wildman–Crippen MR) is 59.5 cm³/mol. The number of aromatic nitrogens is 1. The number of hydrogen-bond acceptors (Lipinski definition) is 3. The molecule has 1 aliphatic heterocycles. The van der Waals surface area contributed by atoms with E-state index in [0.29, 0.717) is 0 Å². The van der Waals surface area contributed by atoms with Crippen molar-refractivity contribution in [1.29, 1.82) is 0 Å². The highest BCUT2D eigenvalue weighted by molar-refractivity contribution is 5.52. The topological polar surface area (TPSA) is 42.2 Å². The predicted octanol–water partition coefficient (Wildman–Crippen LogP) is 1.96. The van der Waals surface area contributed by atoms with Gasteiger partial charge in [0.05, 0.1) is 11.9 Å². The molecular weight excluding hydrogens is 174 g/mol. The molecule has 0 bridgehead atoms. The Kier molecular flexibility index (Phi) is 2.57. The van der Waals surface area contributed by atoms with Gasteiger partial charge >= 0.3 is 0 Å². The van der Waals surface area contributed by atoms with Gasteiger partial charge in [0.25, 0.3) is 0 Å². The lowest BCUT2D eigenvalue weighted by molar-refractivity contribution is 0.573. The summed E-state index contributed by atoms with van der Waals surface area (Å²) in [5, 5.41) is 0. The first-order valence-electron chi connectivity index (χ1n) is 5.24. The molecule has 1 aromatic heterocycles. The lowest BCUT2D eigenvalue weighted by Gasteiger charge is -2.27. The number of pyridine rings is 1. The Bertz CT molecular complexity index is 316. The molecule has 0 unspecified atom stereocenters. The number of anilines is 2. The monoisotopic (exact) mass is 191 g/mol. The van der Waals surface area contributed by atoms with Crippen LogP contribution in [-0.2, 0) is 0 Å².